The van der Waals surface area contributed by atoms with Gasteiger partial charge in [-0.05, 0) is 13.0 Å². The molecule has 0 fully saturated rings. The molecule has 0 radical (unpaired) electrons. The van der Waals surface area contributed by atoms with Gasteiger partial charge in [0.2, 0.25) is 0 Å². The fraction of sp³-hybridized carbons (Fsp3) is 0.0909. The molecule has 0 spiro atoms. The van der Waals surface area contributed by atoms with Crippen molar-refractivity contribution >= 4 is 33.8 Å². The number of hydrogen-bond acceptors (Lipinski definition) is 7. The van der Waals surface area contributed by atoms with Crippen molar-refractivity contribution in [2.75, 3.05) is 11.1 Å². The van der Waals surface area contributed by atoms with Gasteiger partial charge in [0.25, 0.3) is 11.6 Å². The summed E-state index contributed by atoms with van der Waals surface area (Å²) in [5.74, 6) is -0.872. The van der Waals surface area contributed by atoms with E-state index in [1.54, 1.807) is 6.92 Å². The summed E-state index contributed by atoms with van der Waals surface area (Å²) in [5.41, 5.74) is 5.79. The van der Waals surface area contributed by atoms with E-state index in [-0.39, 0.29) is 22.3 Å². The minimum atomic E-state index is -0.640. The van der Waals surface area contributed by atoms with Crippen LogP contribution in [0.3, 0.4) is 0 Å². The third-order valence-corrected chi connectivity index (χ3v) is 3.45. The number of amides is 1. The number of non-ortho nitro benzene ring substituents is 1. The summed E-state index contributed by atoms with van der Waals surface area (Å²) < 4.78 is 0. The minimum absolute atomic E-state index is 0.0759. The normalized spacial score (nSPS) is 10.2. The van der Waals surface area contributed by atoms with Gasteiger partial charge in [0, 0.05) is 6.07 Å². The highest BCUT2D eigenvalue weighted by Crippen LogP contribution is 2.29. The minimum Gasteiger partial charge on any atom is -0.506 e. The van der Waals surface area contributed by atoms with Crippen LogP contribution in [0.15, 0.2) is 18.2 Å². The molecule has 2 rings (SSSR count). The monoisotopic (exact) mass is 294 g/mol. The van der Waals surface area contributed by atoms with Gasteiger partial charge >= 0.3 is 0 Å². The lowest BCUT2D eigenvalue weighted by Crippen LogP contribution is -2.11. The van der Waals surface area contributed by atoms with Gasteiger partial charge in [0.05, 0.1) is 22.4 Å². The summed E-state index contributed by atoms with van der Waals surface area (Å²) in [6.45, 7) is 1.64. The average molecular weight is 294 g/mol. The molecule has 2 aromatic rings. The standard InChI is InChI=1S/C11H10N4O4S/c1-5-9(20-11(12)13-5)10(17)14-7-3-2-6(15(18)19)4-8(7)16/h2-4,16H,1H3,(H2,12,13)(H,14,17). The number of nitro groups is 1. The smallest absolute Gasteiger partial charge is 0.273 e. The van der Waals surface area contributed by atoms with Gasteiger partial charge in [-0.2, -0.15) is 0 Å². The van der Waals surface area contributed by atoms with E-state index in [0.29, 0.717) is 10.6 Å². The maximum Gasteiger partial charge on any atom is 0.273 e. The molecule has 1 aromatic carbocycles. The number of carbonyl (C=O) groups is 1. The number of aryl methyl sites for hydroxylation is 1. The molecule has 4 N–H and O–H groups in total. The Hall–Kier alpha value is -2.68. The summed E-state index contributed by atoms with van der Waals surface area (Å²) in [6.07, 6.45) is 0. The van der Waals surface area contributed by atoms with Crippen LogP contribution in [0.4, 0.5) is 16.5 Å². The number of benzene rings is 1. The molecule has 8 nitrogen and oxygen atoms in total. The molecule has 1 heterocycles. The Bertz CT molecular complexity index is 698. The number of thiazole rings is 1. The Morgan fingerprint density at radius 3 is 2.75 bits per heavy atom. The van der Waals surface area contributed by atoms with Crippen LogP contribution in [-0.2, 0) is 0 Å². The van der Waals surface area contributed by atoms with Gasteiger partial charge in [0.15, 0.2) is 5.13 Å². The third-order valence-electron chi connectivity index (χ3n) is 2.46. The van der Waals surface area contributed by atoms with Crippen LogP contribution >= 0.6 is 11.3 Å². The summed E-state index contributed by atoms with van der Waals surface area (Å²) >= 11 is 1.02. The van der Waals surface area contributed by atoms with Crippen molar-refractivity contribution in [1.82, 2.24) is 4.98 Å². The van der Waals surface area contributed by atoms with E-state index in [2.05, 4.69) is 10.3 Å². The predicted molar refractivity (Wildman–Crippen MR) is 74.0 cm³/mol. The molecule has 0 atom stereocenters. The van der Waals surface area contributed by atoms with E-state index in [1.165, 1.54) is 12.1 Å². The topological polar surface area (TPSA) is 131 Å². The van der Waals surface area contributed by atoms with Crippen molar-refractivity contribution in [3.05, 3.63) is 38.9 Å². The summed E-state index contributed by atoms with van der Waals surface area (Å²) in [5, 5.41) is 22.9. The lowest BCUT2D eigenvalue weighted by molar-refractivity contribution is -0.384. The molecule has 0 saturated carbocycles. The van der Waals surface area contributed by atoms with E-state index in [4.69, 9.17) is 5.73 Å². The van der Waals surface area contributed by atoms with Gasteiger partial charge < -0.3 is 16.2 Å². The van der Waals surface area contributed by atoms with Gasteiger partial charge in [-0.3, -0.25) is 14.9 Å². The molecule has 0 unspecified atom stereocenters. The number of nitrogen functional groups attached to an aromatic ring is 1. The molecule has 0 aliphatic carbocycles. The first kappa shape index (κ1) is 13.7. The number of carbonyl (C=O) groups excluding carboxylic acids is 1. The fourth-order valence-electron chi connectivity index (χ4n) is 1.55. The lowest BCUT2D eigenvalue weighted by atomic mass is 10.2. The maximum absolute atomic E-state index is 12.0. The molecule has 9 heteroatoms. The number of rotatable bonds is 3. The molecule has 0 bridgehead atoms. The number of nitrogens with zero attached hydrogens (tertiary/aromatic N) is 2. The second-order valence-electron chi connectivity index (χ2n) is 3.88. The van der Waals surface area contributed by atoms with Crippen LogP contribution in [0.2, 0.25) is 0 Å². The van der Waals surface area contributed by atoms with Crippen LogP contribution in [0.5, 0.6) is 5.75 Å². The molecule has 20 heavy (non-hydrogen) atoms. The second kappa shape index (κ2) is 5.13. The maximum atomic E-state index is 12.0. The van der Waals surface area contributed by atoms with Crippen molar-refractivity contribution in [1.29, 1.82) is 0 Å². The van der Waals surface area contributed by atoms with E-state index >= 15 is 0 Å². The third kappa shape index (κ3) is 2.67. The SMILES string of the molecule is Cc1nc(N)sc1C(=O)Nc1ccc([N+](=O)[O-])cc1O. The second-order valence-corrected chi connectivity index (χ2v) is 4.91. The van der Waals surface area contributed by atoms with Gasteiger partial charge in [-0.15, -0.1) is 0 Å². The Balaban J connectivity index is 2.24. The summed E-state index contributed by atoms with van der Waals surface area (Å²) in [7, 11) is 0. The van der Waals surface area contributed by atoms with Crippen molar-refractivity contribution in [2.45, 2.75) is 6.92 Å². The highest BCUT2D eigenvalue weighted by atomic mass is 32.1. The lowest BCUT2D eigenvalue weighted by Gasteiger charge is -2.06. The van der Waals surface area contributed by atoms with Crippen LogP contribution in [0.25, 0.3) is 0 Å². The molecule has 104 valence electrons. The number of hydrogen-bond donors (Lipinski definition) is 3. The van der Waals surface area contributed by atoms with Gasteiger partial charge in [0.1, 0.15) is 10.6 Å². The average Bonchev–Trinajstić information content (AvgIpc) is 2.70. The highest BCUT2D eigenvalue weighted by Gasteiger charge is 2.17. The van der Waals surface area contributed by atoms with Gasteiger partial charge in [-0.1, -0.05) is 11.3 Å². The Labute approximate surface area is 117 Å². The predicted octanol–water partition coefficient (Wildman–Crippen LogP) is 1.90. The Kier molecular flexibility index (Phi) is 3.53. The number of aromatic hydroxyl groups is 1. The Morgan fingerprint density at radius 1 is 1.55 bits per heavy atom. The van der Waals surface area contributed by atoms with E-state index in [1.807, 2.05) is 0 Å². The zero-order chi connectivity index (χ0) is 14.9. The number of aromatic nitrogens is 1. The molecule has 1 amide bonds. The van der Waals surface area contributed by atoms with Crippen molar-refractivity contribution in [3.8, 4) is 5.75 Å². The molecular formula is C11H10N4O4S. The fourth-order valence-corrected chi connectivity index (χ4v) is 2.28. The molecule has 0 aliphatic heterocycles. The number of phenolic OH excluding ortho intramolecular Hbond substituents is 1. The van der Waals surface area contributed by atoms with Gasteiger partial charge in [-0.25, -0.2) is 4.98 Å². The highest BCUT2D eigenvalue weighted by molar-refractivity contribution is 7.17. The number of nitrogens with two attached hydrogens (primary N) is 1. The molecular weight excluding hydrogens is 284 g/mol. The van der Waals surface area contributed by atoms with Crippen molar-refractivity contribution in [2.24, 2.45) is 0 Å². The first-order chi connectivity index (χ1) is 9.38. The number of phenols is 1. The number of nitrogens with one attached hydrogen (secondary N) is 1. The molecule has 1 aromatic heterocycles. The molecule has 0 saturated heterocycles. The first-order valence-corrected chi connectivity index (χ1v) is 6.22. The van der Waals surface area contributed by atoms with Crippen LogP contribution < -0.4 is 11.1 Å². The quantitative estimate of drug-likeness (QED) is 0.450. The molecule has 0 aliphatic rings. The van der Waals surface area contributed by atoms with E-state index in [9.17, 15) is 20.0 Å². The zero-order valence-corrected chi connectivity index (χ0v) is 11.1. The van der Waals surface area contributed by atoms with E-state index in [0.717, 1.165) is 17.4 Å². The van der Waals surface area contributed by atoms with E-state index < -0.39 is 10.8 Å². The van der Waals surface area contributed by atoms with Crippen LogP contribution in [0, 0.1) is 17.0 Å². The number of anilines is 2. The summed E-state index contributed by atoms with van der Waals surface area (Å²) in [4.78, 5) is 26.1. The largest absolute Gasteiger partial charge is 0.506 e. The Morgan fingerprint density at radius 2 is 2.25 bits per heavy atom. The van der Waals surface area contributed by atoms with Crippen LogP contribution in [0.1, 0.15) is 15.4 Å². The zero-order valence-electron chi connectivity index (χ0n) is 10.3. The number of nitro benzene ring substituents is 1. The summed E-state index contributed by atoms with van der Waals surface area (Å²) in [6, 6.07) is 3.40. The van der Waals surface area contributed by atoms with Crippen molar-refractivity contribution < 1.29 is 14.8 Å². The first-order valence-electron chi connectivity index (χ1n) is 5.40. The van der Waals surface area contributed by atoms with Crippen LogP contribution in [-0.4, -0.2) is 20.9 Å². The van der Waals surface area contributed by atoms with Crippen molar-refractivity contribution in [3.63, 3.8) is 0 Å².